The number of aromatic nitrogens is 1. The second-order valence-electron chi connectivity index (χ2n) is 5.92. The van der Waals surface area contributed by atoms with Gasteiger partial charge in [0.2, 0.25) is 5.91 Å². The van der Waals surface area contributed by atoms with Crippen molar-refractivity contribution in [3.63, 3.8) is 0 Å². The lowest BCUT2D eigenvalue weighted by Crippen LogP contribution is -2.47. The van der Waals surface area contributed by atoms with Crippen LogP contribution in [-0.2, 0) is 10.3 Å². The third-order valence-corrected chi connectivity index (χ3v) is 4.48. The number of amides is 1. The molecule has 5 nitrogen and oxygen atoms in total. The van der Waals surface area contributed by atoms with Crippen LogP contribution in [0, 0.1) is 5.82 Å². The molecule has 0 saturated carbocycles. The van der Waals surface area contributed by atoms with Crippen LogP contribution >= 0.6 is 11.6 Å². The van der Waals surface area contributed by atoms with Gasteiger partial charge in [-0.2, -0.15) is 0 Å². The van der Waals surface area contributed by atoms with E-state index in [2.05, 4.69) is 9.98 Å². The lowest BCUT2D eigenvalue weighted by molar-refractivity contribution is -0.128. The Hall–Kier alpha value is -2.47. The number of aliphatic imine (C=N–C) groups is 1. The first-order chi connectivity index (χ1) is 11.3. The van der Waals surface area contributed by atoms with Gasteiger partial charge in [0.1, 0.15) is 0 Å². The Morgan fingerprint density at radius 2 is 2.12 bits per heavy atom. The standard InChI is InChI=1S/C17H16ClFN4O/c1-17(9-13(24)23(2)16(20)22-17)11-5-3-4-10(8-11)12-6-7-21-15(18)14(12)19/h3-8H,9H2,1-2H3,(H2,20,22). The van der Waals surface area contributed by atoms with Gasteiger partial charge >= 0.3 is 0 Å². The molecule has 1 aromatic carbocycles. The molecule has 3 rings (SSSR count). The Morgan fingerprint density at radius 1 is 1.38 bits per heavy atom. The number of hydrogen-bond donors (Lipinski definition) is 1. The summed E-state index contributed by atoms with van der Waals surface area (Å²) in [5.41, 5.74) is 6.80. The van der Waals surface area contributed by atoms with Gasteiger partial charge in [0.15, 0.2) is 16.9 Å². The minimum atomic E-state index is -0.795. The van der Waals surface area contributed by atoms with E-state index in [1.807, 2.05) is 13.0 Å². The quantitative estimate of drug-likeness (QED) is 0.850. The molecule has 0 saturated heterocycles. The van der Waals surface area contributed by atoms with Crippen molar-refractivity contribution >= 4 is 23.5 Å². The highest BCUT2D eigenvalue weighted by Gasteiger charge is 2.36. The molecule has 1 aliphatic rings. The molecule has 1 unspecified atom stereocenters. The van der Waals surface area contributed by atoms with Crippen LogP contribution in [-0.4, -0.2) is 28.8 Å². The molecular formula is C17H16ClFN4O. The largest absolute Gasteiger partial charge is 0.369 e. The van der Waals surface area contributed by atoms with Crippen molar-refractivity contribution in [2.24, 2.45) is 10.7 Å². The van der Waals surface area contributed by atoms with Gasteiger partial charge in [0.25, 0.3) is 0 Å². The summed E-state index contributed by atoms with van der Waals surface area (Å²) in [4.78, 5) is 21.6. The third kappa shape index (κ3) is 2.73. The van der Waals surface area contributed by atoms with Crippen molar-refractivity contribution in [2.75, 3.05) is 7.05 Å². The molecule has 2 heterocycles. The summed E-state index contributed by atoms with van der Waals surface area (Å²) < 4.78 is 14.2. The summed E-state index contributed by atoms with van der Waals surface area (Å²) in [6.07, 6.45) is 1.64. The monoisotopic (exact) mass is 346 g/mol. The van der Waals surface area contributed by atoms with Crippen LogP contribution in [0.2, 0.25) is 5.15 Å². The van der Waals surface area contributed by atoms with Crippen molar-refractivity contribution < 1.29 is 9.18 Å². The molecular weight excluding hydrogens is 331 g/mol. The first-order valence-corrected chi connectivity index (χ1v) is 7.72. The minimum absolute atomic E-state index is 0.117. The summed E-state index contributed by atoms with van der Waals surface area (Å²) in [5, 5.41) is -0.180. The maximum absolute atomic E-state index is 14.2. The van der Waals surface area contributed by atoms with Crippen molar-refractivity contribution in [1.82, 2.24) is 9.88 Å². The summed E-state index contributed by atoms with van der Waals surface area (Å²) in [6, 6.07) is 8.76. The van der Waals surface area contributed by atoms with Crippen molar-refractivity contribution in [1.29, 1.82) is 0 Å². The summed E-state index contributed by atoms with van der Waals surface area (Å²) in [6.45, 7) is 1.83. The van der Waals surface area contributed by atoms with E-state index in [0.717, 1.165) is 5.56 Å². The van der Waals surface area contributed by atoms with E-state index in [1.54, 1.807) is 31.3 Å². The first-order valence-electron chi connectivity index (χ1n) is 7.34. The molecule has 2 N–H and O–H groups in total. The summed E-state index contributed by atoms with van der Waals surface area (Å²) in [7, 11) is 1.59. The Balaban J connectivity index is 2.09. The van der Waals surface area contributed by atoms with Gasteiger partial charge in [-0.25, -0.2) is 14.4 Å². The molecule has 0 spiro atoms. The smallest absolute Gasteiger partial charge is 0.231 e. The van der Waals surface area contributed by atoms with Gasteiger partial charge in [0, 0.05) is 18.8 Å². The predicted octanol–water partition coefficient (Wildman–Crippen LogP) is 2.93. The molecule has 7 heteroatoms. The van der Waals surface area contributed by atoms with Crippen LogP contribution < -0.4 is 5.73 Å². The van der Waals surface area contributed by atoms with Crippen molar-refractivity contribution in [2.45, 2.75) is 18.9 Å². The van der Waals surface area contributed by atoms with Crippen molar-refractivity contribution in [3.05, 3.63) is 53.1 Å². The fraction of sp³-hybridized carbons (Fsp3) is 0.235. The number of rotatable bonds is 2. The van der Waals surface area contributed by atoms with Gasteiger partial charge in [-0.3, -0.25) is 9.69 Å². The Bertz CT molecular complexity index is 854. The number of carbonyl (C=O) groups excluding carboxylic acids is 1. The van der Waals surface area contributed by atoms with Gasteiger partial charge in [-0.15, -0.1) is 0 Å². The number of nitrogens with two attached hydrogens (primary N) is 1. The van der Waals surface area contributed by atoms with Gasteiger partial charge in [0.05, 0.1) is 12.0 Å². The Labute approximate surface area is 144 Å². The van der Waals surface area contributed by atoms with Crippen LogP contribution in [0.1, 0.15) is 18.9 Å². The van der Waals surface area contributed by atoms with Crippen molar-refractivity contribution in [3.8, 4) is 11.1 Å². The average molecular weight is 347 g/mol. The Morgan fingerprint density at radius 3 is 2.83 bits per heavy atom. The number of guanidine groups is 1. The molecule has 2 aromatic rings. The summed E-state index contributed by atoms with van der Waals surface area (Å²) >= 11 is 5.76. The number of hydrogen-bond acceptors (Lipinski definition) is 4. The van der Waals surface area contributed by atoms with Crippen LogP contribution in [0.3, 0.4) is 0 Å². The van der Waals surface area contributed by atoms with E-state index in [9.17, 15) is 9.18 Å². The van der Waals surface area contributed by atoms with E-state index >= 15 is 0 Å². The first kappa shape index (κ1) is 16.4. The maximum atomic E-state index is 14.2. The second kappa shape index (κ2) is 5.87. The molecule has 0 fully saturated rings. The SMILES string of the molecule is CN1C(=O)CC(C)(c2cccc(-c3ccnc(Cl)c3F)c2)N=C1N. The second-order valence-corrected chi connectivity index (χ2v) is 6.28. The molecule has 124 valence electrons. The fourth-order valence-corrected chi connectivity index (χ4v) is 2.90. The zero-order valence-corrected chi connectivity index (χ0v) is 14.0. The highest BCUT2D eigenvalue weighted by Crippen LogP contribution is 2.35. The average Bonchev–Trinajstić information content (AvgIpc) is 2.55. The normalized spacial score (nSPS) is 20.9. The number of halogens is 2. The van der Waals surface area contributed by atoms with E-state index in [4.69, 9.17) is 17.3 Å². The van der Waals surface area contributed by atoms with Gasteiger partial charge in [-0.05, 0) is 30.2 Å². The lowest BCUT2D eigenvalue weighted by Gasteiger charge is -2.33. The van der Waals surface area contributed by atoms with Crippen LogP contribution in [0.4, 0.5) is 4.39 Å². The number of pyridine rings is 1. The van der Waals surface area contributed by atoms with Gasteiger partial charge in [-0.1, -0.05) is 29.8 Å². The molecule has 1 atom stereocenters. The van der Waals surface area contributed by atoms with E-state index < -0.39 is 11.4 Å². The van der Waals surface area contributed by atoms with Gasteiger partial charge < -0.3 is 5.73 Å². The van der Waals surface area contributed by atoms with Crippen LogP contribution in [0.15, 0.2) is 41.5 Å². The fourth-order valence-electron chi connectivity index (χ4n) is 2.74. The zero-order valence-electron chi connectivity index (χ0n) is 13.3. The number of benzene rings is 1. The zero-order chi connectivity index (χ0) is 17.5. The van der Waals surface area contributed by atoms with Crippen LogP contribution in [0.25, 0.3) is 11.1 Å². The number of nitrogens with zero attached hydrogens (tertiary/aromatic N) is 3. The van der Waals surface area contributed by atoms with E-state index in [-0.39, 0.29) is 23.4 Å². The predicted molar refractivity (Wildman–Crippen MR) is 91.0 cm³/mol. The highest BCUT2D eigenvalue weighted by atomic mass is 35.5. The number of carbonyl (C=O) groups is 1. The Kier molecular flexibility index (Phi) is 4.01. The summed E-state index contributed by atoms with van der Waals surface area (Å²) in [5.74, 6) is -0.533. The topological polar surface area (TPSA) is 71.6 Å². The molecule has 0 radical (unpaired) electrons. The molecule has 24 heavy (non-hydrogen) atoms. The molecule has 1 aromatic heterocycles. The van der Waals surface area contributed by atoms with E-state index in [1.165, 1.54) is 11.1 Å². The molecule has 1 amide bonds. The van der Waals surface area contributed by atoms with Crippen LogP contribution in [0.5, 0.6) is 0 Å². The third-order valence-electron chi connectivity index (χ3n) is 4.22. The minimum Gasteiger partial charge on any atom is -0.369 e. The maximum Gasteiger partial charge on any atom is 0.231 e. The molecule has 1 aliphatic heterocycles. The lowest BCUT2D eigenvalue weighted by atomic mass is 9.86. The van der Waals surface area contributed by atoms with E-state index in [0.29, 0.717) is 11.1 Å². The molecule has 0 aliphatic carbocycles. The highest BCUT2D eigenvalue weighted by molar-refractivity contribution is 6.29. The molecule has 0 bridgehead atoms.